The lowest BCUT2D eigenvalue weighted by Gasteiger charge is -2.30. The van der Waals surface area contributed by atoms with Crippen LogP contribution in [-0.2, 0) is 10.1 Å². The lowest BCUT2D eigenvalue weighted by atomic mass is 9.85. The van der Waals surface area contributed by atoms with Crippen LogP contribution < -0.4 is 9.80 Å². The van der Waals surface area contributed by atoms with E-state index in [4.69, 9.17) is 0 Å². The first kappa shape index (κ1) is 30.0. The molecule has 0 radical (unpaired) electrons. The van der Waals surface area contributed by atoms with E-state index < -0.39 is 10.1 Å². The van der Waals surface area contributed by atoms with Gasteiger partial charge in [0, 0.05) is 16.7 Å². The summed E-state index contributed by atoms with van der Waals surface area (Å²) in [6.45, 7) is 14.0. The Labute approximate surface area is 251 Å². The number of rotatable bonds is 8. The molecule has 4 aromatic rings. The second kappa shape index (κ2) is 12.0. The summed E-state index contributed by atoms with van der Waals surface area (Å²) < 4.78 is 37.7. The third kappa shape index (κ3) is 5.76. The summed E-state index contributed by atoms with van der Waals surface area (Å²) in [6, 6.07) is 31.9. The molecular formula is C36H42N2O3S. The maximum Gasteiger partial charge on any atom is 0.159 e. The van der Waals surface area contributed by atoms with Gasteiger partial charge in [0.15, 0.2) is 6.67 Å². The Morgan fingerprint density at radius 3 is 1.71 bits per heavy atom. The van der Waals surface area contributed by atoms with Gasteiger partial charge in [-0.25, -0.2) is 8.42 Å². The molecule has 1 aliphatic rings. The number of nitrogens with one attached hydrogen (secondary N) is 1. The number of anilines is 1. The molecule has 1 N–H and O–H groups in total. The lowest BCUT2D eigenvalue weighted by molar-refractivity contribution is -0.853. The molecule has 1 heterocycles. The van der Waals surface area contributed by atoms with E-state index in [1.54, 1.807) is 12.1 Å². The van der Waals surface area contributed by atoms with Gasteiger partial charge < -0.3 is 9.45 Å². The molecule has 0 saturated carbocycles. The summed E-state index contributed by atoms with van der Waals surface area (Å²) in [4.78, 5) is 3.23. The van der Waals surface area contributed by atoms with Gasteiger partial charge in [-0.2, -0.15) is 0 Å². The van der Waals surface area contributed by atoms with Crippen LogP contribution >= 0.6 is 0 Å². The van der Waals surface area contributed by atoms with Crippen LogP contribution in [0.25, 0.3) is 0 Å². The van der Waals surface area contributed by atoms with Gasteiger partial charge in [0.25, 0.3) is 0 Å². The smallest absolute Gasteiger partial charge is 0.159 e. The van der Waals surface area contributed by atoms with Crippen molar-refractivity contribution in [3.05, 3.63) is 125 Å². The standard InChI is InChI=1S/C36H42N2O3S/c1-24(2)29-21-30(25(3)4)36(31(22-29)26(5)6)38-23-37(32-19-13-14-20-33(32)42(39,40)41)34(27-15-9-7-10-16-27)35(38)28-17-11-8-12-18-28/h7-22,24-26,34-35H,23H2,1-6H3,(H,39,40,41)/t34-,35-/m0/s1. The summed E-state index contributed by atoms with van der Waals surface area (Å²) in [7, 11) is -4.70. The topological polar surface area (TPSA) is 64.9 Å². The fourth-order valence-electron chi connectivity index (χ4n) is 6.52. The van der Waals surface area contributed by atoms with E-state index in [0.29, 0.717) is 30.1 Å². The third-order valence-corrected chi connectivity index (χ3v) is 9.45. The van der Waals surface area contributed by atoms with Crippen molar-refractivity contribution >= 4 is 21.5 Å². The van der Waals surface area contributed by atoms with Crippen LogP contribution in [0.2, 0.25) is 0 Å². The third-order valence-electron chi connectivity index (χ3n) is 8.56. The maximum atomic E-state index is 12.6. The molecule has 1 saturated heterocycles. The van der Waals surface area contributed by atoms with Crippen molar-refractivity contribution in [1.29, 1.82) is 0 Å². The zero-order valence-corrected chi connectivity index (χ0v) is 26.2. The molecule has 220 valence electrons. The number of nitrogens with zero attached hydrogens (tertiary/aromatic N) is 1. The number of quaternary nitrogens is 1. The Morgan fingerprint density at radius 2 is 1.21 bits per heavy atom. The van der Waals surface area contributed by atoms with Crippen LogP contribution in [0.15, 0.2) is 102 Å². The van der Waals surface area contributed by atoms with Crippen LogP contribution in [0, 0.1) is 0 Å². The second-order valence-corrected chi connectivity index (χ2v) is 13.7. The van der Waals surface area contributed by atoms with E-state index in [-0.39, 0.29) is 17.0 Å². The van der Waals surface area contributed by atoms with Crippen molar-refractivity contribution in [3.8, 4) is 0 Å². The fourth-order valence-corrected chi connectivity index (χ4v) is 7.21. The highest BCUT2D eigenvalue weighted by atomic mass is 32.2. The molecule has 0 aromatic heterocycles. The maximum absolute atomic E-state index is 12.6. The Bertz CT molecular complexity index is 1600. The first-order valence-corrected chi connectivity index (χ1v) is 16.3. The molecule has 0 amide bonds. The molecule has 42 heavy (non-hydrogen) atoms. The Kier molecular flexibility index (Phi) is 8.61. The second-order valence-electron chi connectivity index (χ2n) is 12.4. The van der Waals surface area contributed by atoms with E-state index in [9.17, 15) is 13.0 Å². The predicted molar refractivity (Wildman–Crippen MR) is 169 cm³/mol. The van der Waals surface area contributed by atoms with Gasteiger partial charge in [0.1, 0.15) is 27.9 Å². The number of para-hydroxylation sites is 1. The number of hydrogen-bond donors (Lipinski definition) is 1. The van der Waals surface area contributed by atoms with Gasteiger partial charge in [0.2, 0.25) is 0 Å². The molecular weight excluding hydrogens is 540 g/mol. The van der Waals surface area contributed by atoms with Crippen molar-refractivity contribution < 1.29 is 17.9 Å². The summed E-state index contributed by atoms with van der Waals surface area (Å²) in [5.74, 6) is 0.979. The minimum Gasteiger partial charge on any atom is -0.744 e. The molecule has 5 rings (SSSR count). The average molecular weight is 583 g/mol. The van der Waals surface area contributed by atoms with Gasteiger partial charge in [-0.1, -0.05) is 114 Å². The van der Waals surface area contributed by atoms with Crippen LogP contribution in [0.3, 0.4) is 0 Å². The van der Waals surface area contributed by atoms with E-state index in [0.717, 1.165) is 5.56 Å². The molecule has 5 nitrogen and oxygen atoms in total. The normalized spacial score (nSPS) is 19.3. The van der Waals surface area contributed by atoms with Crippen molar-refractivity contribution in [1.82, 2.24) is 0 Å². The SMILES string of the molecule is CC(C)c1cc(C(C)C)c([NH+]2CN(c3ccccc3S(=O)(=O)[O-])[C@@H](c3ccccc3)[C@@H]2c2ccccc2)c(C(C)C)c1. The molecule has 6 heteroatoms. The van der Waals surface area contributed by atoms with Gasteiger partial charge >= 0.3 is 0 Å². The van der Waals surface area contributed by atoms with Crippen LogP contribution in [-0.4, -0.2) is 19.6 Å². The van der Waals surface area contributed by atoms with E-state index in [2.05, 4.69) is 95.0 Å². The van der Waals surface area contributed by atoms with E-state index in [1.165, 1.54) is 38.9 Å². The molecule has 0 bridgehead atoms. The van der Waals surface area contributed by atoms with Gasteiger partial charge in [-0.15, -0.1) is 0 Å². The quantitative estimate of drug-likeness (QED) is 0.219. The van der Waals surface area contributed by atoms with Crippen LogP contribution in [0.1, 0.15) is 99.2 Å². The molecule has 0 spiro atoms. The zero-order valence-electron chi connectivity index (χ0n) is 25.4. The molecule has 1 unspecified atom stereocenters. The largest absolute Gasteiger partial charge is 0.744 e. The first-order valence-electron chi connectivity index (χ1n) is 14.9. The van der Waals surface area contributed by atoms with Crippen LogP contribution in [0.5, 0.6) is 0 Å². The molecule has 0 aliphatic carbocycles. The van der Waals surface area contributed by atoms with Crippen molar-refractivity contribution in [3.63, 3.8) is 0 Å². The monoisotopic (exact) mass is 582 g/mol. The summed E-state index contributed by atoms with van der Waals surface area (Å²) in [6.07, 6.45) is 0. The van der Waals surface area contributed by atoms with Crippen molar-refractivity contribution in [2.24, 2.45) is 0 Å². The summed E-state index contributed by atoms with van der Waals surface area (Å²) >= 11 is 0. The Morgan fingerprint density at radius 1 is 0.714 bits per heavy atom. The van der Waals surface area contributed by atoms with Crippen molar-refractivity contribution in [2.75, 3.05) is 11.6 Å². The summed E-state index contributed by atoms with van der Waals surface area (Å²) in [5.41, 5.74) is 7.95. The highest BCUT2D eigenvalue weighted by Crippen LogP contribution is 2.44. The minimum absolute atomic E-state index is 0.0593. The minimum atomic E-state index is -4.70. The van der Waals surface area contributed by atoms with Gasteiger partial charge in [0.05, 0.1) is 10.6 Å². The van der Waals surface area contributed by atoms with E-state index >= 15 is 0 Å². The lowest BCUT2D eigenvalue weighted by Crippen LogP contribution is -3.06. The predicted octanol–water partition coefficient (Wildman–Crippen LogP) is 7.44. The van der Waals surface area contributed by atoms with Crippen LogP contribution in [0.4, 0.5) is 11.4 Å². The molecule has 4 aromatic carbocycles. The van der Waals surface area contributed by atoms with Crippen molar-refractivity contribution in [2.45, 2.75) is 76.3 Å². The zero-order chi connectivity index (χ0) is 30.2. The Hall–Kier alpha value is -3.45. The number of hydrogen-bond acceptors (Lipinski definition) is 4. The number of benzene rings is 4. The first-order chi connectivity index (χ1) is 20.0. The molecule has 1 aliphatic heterocycles. The molecule has 1 fully saturated rings. The summed E-state index contributed by atoms with van der Waals surface area (Å²) in [5, 5.41) is 0. The molecule has 3 atom stereocenters. The average Bonchev–Trinajstić information content (AvgIpc) is 3.37. The van der Waals surface area contributed by atoms with Gasteiger partial charge in [-0.05, 0) is 53.1 Å². The fraction of sp³-hybridized carbons (Fsp3) is 0.333. The Balaban J connectivity index is 1.85. The van der Waals surface area contributed by atoms with Gasteiger partial charge in [-0.3, -0.25) is 4.90 Å². The highest BCUT2D eigenvalue weighted by molar-refractivity contribution is 7.86. The van der Waals surface area contributed by atoms with E-state index in [1.807, 2.05) is 30.3 Å². The highest BCUT2D eigenvalue weighted by Gasteiger charge is 2.49.